The molecule has 1 amide bonds. The van der Waals surface area contributed by atoms with E-state index < -0.39 is 10.8 Å². The van der Waals surface area contributed by atoms with Gasteiger partial charge in [0.25, 0.3) is 11.6 Å². The number of aromatic nitrogens is 3. The number of nitrogens with one attached hydrogen (secondary N) is 1. The third-order valence-corrected chi connectivity index (χ3v) is 3.54. The summed E-state index contributed by atoms with van der Waals surface area (Å²) in [6.45, 7) is 0.743. The van der Waals surface area contributed by atoms with E-state index in [9.17, 15) is 14.9 Å². The maximum absolute atomic E-state index is 12.1. The zero-order valence-electron chi connectivity index (χ0n) is 13.2. The Bertz CT molecular complexity index is 892. The van der Waals surface area contributed by atoms with E-state index in [0.717, 1.165) is 11.4 Å². The van der Waals surface area contributed by atoms with Crippen LogP contribution in [-0.2, 0) is 6.54 Å². The number of nitro benzene ring substituents is 1. The number of amides is 1. The van der Waals surface area contributed by atoms with Gasteiger partial charge in [0.15, 0.2) is 0 Å². The highest BCUT2D eigenvalue weighted by molar-refractivity contribution is 5.98. The Hall–Kier alpha value is -3.55. The predicted octanol–water partition coefficient (Wildman–Crippen LogP) is 2.28. The molecule has 8 nitrogen and oxygen atoms in total. The number of hydrogen-bond donors (Lipinski definition) is 1. The monoisotopic (exact) mass is 337 g/mol. The fraction of sp³-hybridized carbons (Fsp3) is 0.118. The van der Waals surface area contributed by atoms with Gasteiger partial charge in [-0.1, -0.05) is 18.2 Å². The van der Waals surface area contributed by atoms with Crippen molar-refractivity contribution in [3.8, 4) is 11.4 Å². The molecule has 0 aliphatic rings. The van der Waals surface area contributed by atoms with E-state index in [2.05, 4.69) is 15.4 Å². The Morgan fingerprint density at radius 2 is 1.92 bits per heavy atom. The van der Waals surface area contributed by atoms with Crippen molar-refractivity contribution in [1.82, 2.24) is 20.1 Å². The summed E-state index contributed by atoms with van der Waals surface area (Å²) in [5, 5.41) is 18.0. The molecule has 0 saturated heterocycles. The van der Waals surface area contributed by atoms with Gasteiger partial charge in [-0.05, 0) is 24.3 Å². The first-order chi connectivity index (χ1) is 12.1. The minimum absolute atomic E-state index is 0.0436. The highest BCUT2D eigenvalue weighted by atomic mass is 16.6. The van der Waals surface area contributed by atoms with Crippen molar-refractivity contribution < 1.29 is 9.72 Å². The average molecular weight is 337 g/mol. The number of benzene rings is 1. The zero-order chi connectivity index (χ0) is 17.6. The average Bonchev–Trinajstić information content (AvgIpc) is 3.11. The lowest BCUT2D eigenvalue weighted by molar-refractivity contribution is -0.385. The van der Waals surface area contributed by atoms with Gasteiger partial charge in [0.1, 0.15) is 11.3 Å². The molecule has 1 aromatic carbocycles. The number of pyridine rings is 1. The first-order valence-corrected chi connectivity index (χ1v) is 7.61. The van der Waals surface area contributed by atoms with Gasteiger partial charge in [0, 0.05) is 25.0 Å². The molecule has 0 bridgehead atoms. The Morgan fingerprint density at radius 3 is 2.68 bits per heavy atom. The van der Waals surface area contributed by atoms with Crippen LogP contribution in [0.25, 0.3) is 11.4 Å². The summed E-state index contributed by atoms with van der Waals surface area (Å²) in [5.74, 6) is -0.482. The van der Waals surface area contributed by atoms with Crippen molar-refractivity contribution in [3.63, 3.8) is 0 Å². The van der Waals surface area contributed by atoms with Gasteiger partial charge in [-0.25, -0.2) is 0 Å². The van der Waals surface area contributed by atoms with Crippen molar-refractivity contribution in [2.24, 2.45) is 0 Å². The Balaban J connectivity index is 1.60. The molecule has 2 aromatic heterocycles. The third-order valence-electron chi connectivity index (χ3n) is 3.54. The number of para-hydroxylation sites is 1. The largest absolute Gasteiger partial charge is 0.350 e. The van der Waals surface area contributed by atoms with Gasteiger partial charge in [-0.15, -0.1) is 0 Å². The Morgan fingerprint density at radius 1 is 1.12 bits per heavy atom. The minimum atomic E-state index is -0.568. The second kappa shape index (κ2) is 7.35. The van der Waals surface area contributed by atoms with Crippen LogP contribution in [0.15, 0.2) is 60.9 Å². The van der Waals surface area contributed by atoms with E-state index >= 15 is 0 Å². The number of nitrogens with zero attached hydrogens (tertiary/aromatic N) is 4. The number of rotatable bonds is 6. The quantitative estimate of drug-likeness (QED) is 0.549. The third kappa shape index (κ3) is 3.86. The molecule has 3 rings (SSSR count). The van der Waals surface area contributed by atoms with Gasteiger partial charge >= 0.3 is 0 Å². The maximum Gasteiger partial charge on any atom is 0.282 e. The van der Waals surface area contributed by atoms with Crippen LogP contribution in [-0.4, -0.2) is 32.1 Å². The highest BCUT2D eigenvalue weighted by Crippen LogP contribution is 2.17. The molecule has 0 unspecified atom stereocenters. The zero-order valence-corrected chi connectivity index (χ0v) is 13.2. The summed E-state index contributed by atoms with van der Waals surface area (Å²) in [6.07, 6.45) is 3.49. The lowest BCUT2D eigenvalue weighted by Gasteiger charge is -2.06. The van der Waals surface area contributed by atoms with Gasteiger partial charge < -0.3 is 5.32 Å². The lowest BCUT2D eigenvalue weighted by atomic mass is 10.1. The van der Waals surface area contributed by atoms with Crippen LogP contribution in [0.5, 0.6) is 0 Å². The van der Waals surface area contributed by atoms with Gasteiger partial charge in [-0.2, -0.15) is 5.10 Å². The minimum Gasteiger partial charge on any atom is -0.350 e. The fourth-order valence-electron chi connectivity index (χ4n) is 2.34. The van der Waals surface area contributed by atoms with Crippen LogP contribution in [0, 0.1) is 10.1 Å². The number of carbonyl (C=O) groups excluding carboxylic acids is 1. The molecule has 3 aromatic rings. The second-order valence-electron chi connectivity index (χ2n) is 5.21. The normalized spacial score (nSPS) is 10.4. The highest BCUT2D eigenvalue weighted by Gasteiger charge is 2.18. The molecule has 0 radical (unpaired) electrons. The van der Waals surface area contributed by atoms with E-state index in [1.165, 1.54) is 18.2 Å². The molecule has 0 fully saturated rings. The molecule has 2 heterocycles. The van der Waals surface area contributed by atoms with Crippen molar-refractivity contribution >= 4 is 11.6 Å². The lowest BCUT2D eigenvalue weighted by Crippen LogP contribution is -2.28. The van der Waals surface area contributed by atoms with E-state index in [1.807, 2.05) is 24.3 Å². The van der Waals surface area contributed by atoms with E-state index in [0.29, 0.717) is 13.1 Å². The summed E-state index contributed by atoms with van der Waals surface area (Å²) in [4.78, 5) is 26.8. The first kappa shape index (κ1) is 16.3. The summed E-state index contributed by atoms with van der Waals surface area (Å²) in [6, 6.07) is 13.3. The van der Waals surface area contributed by atoms with Crippen LogP contribution in [0.2, 0.25) is 0 Å². The number of carbonyl (C=O) groups is 1. The topological polar surface area (TPSA) is 103 Å². The van der Waals surface area contributed by atoms with Crippen LogP contribution in [0.3, 0.4) is 0 Å². The molecule has 25 heavy (non-hydrogen) atoms. The first-order valence-electron chi connectivity index (χ1n) is 7.61. The molecule has 0 aliphatic heterocycles. The molecule has 0 aliphatic carbocycles. The number of hydrogen-bond acceptors (Lipinski definition) is 5. The smallest absolute Gasteiger partial charge is 0.282 e. The summed E-state index contributed by atoms with van der Waals surface area (Å²) < 4.78 is 1.68. The molecule has 8 heteroatoms. The Kier molecular flexibility index (Phi) is 4.79. The molecule has 0 atom stereocenters. The van der Waals surface area contributed by atoms with E-state index in [-0.39, 0.29) is 11.3 Å². The summed E-state index contributed by atoms with van der Waals surface area (Å²) in [7, 11) is 0. The molecular formula is C17H15N5O3. The van der Waals surface area contributed by atoms with Crippen molar-refractivity contribution in [2.75, 3.05) is 6.54 Å². The van der Waals surface area contributed by atoms with Crippen LogP contribution in [0.1, 0.15) is 10.4 Å². The summed E-state index contributed by atoms with van der Waals surface area (Å²) >= 11 is 0. The molecule has 0 spiro atoms. The molecule has 1 N–H and O–H groups in total. The van der Waals surface area contributed by atoms with Crippen LogP contribution in [0.4, 0.5) is 5.69 Å². The van der Waals surface area contributed by atoms with Crippen molar-refractivity contribution in [2.45, 2.75) is 6.54 Å². The van der Waals surface area contributed by atoms with Crippen molar-refractivity contribution in [3.05, 3.63) is 76.6 Å². The SMILES string of the molecule is O=C(NCCn1ccc(-c2ccccn2)n1)c1ccccc1[N+](=O)[O-]. The molecular weight excluding hydrogens is 322 g/mol. The number of nitro groups is 1. The summed E-state index contributed by atoms with van der Waals surface area (Å²) in [5.41, 5.74) is 1.34. The molecule has 126 valence electrons. The van der Waals surface area contributed by atoms with Crippen molar-refractivity contribution in [1.29, 1.82) is 0 Å². The van der Waals surface area contributed by atoms with Gasteiger partial charge in [-0.3, -0.25) is 24.6 Å². The van der Waals surface area contributed by atoms with Crippen LogP contribution < -0.4 is 5.32 Å². The van der Waals surface area contributed by atoms with E-state index in [1.54, 1.807) is 23.1 Å². The predicted molar refractivity (Wildman–Crippen MR) is 90.9 cm³/mol. The maximum atomic E-state index is 12.1. The Labute approximate surface area is 143 Å². The fourth-order valence-corrected chi connectivity index (χ4v) is 2.34. The second-order valence-corrected chi connectivity index (χ2v) is 5.21. The van der Waals surface area contributed by atoms with Gasteiger partial charge in [0.2, 0.25) is 0 Å². The van der Waals surface area contributed by atoms with Crippen LogP contribution >= 0.6 is 0 Å². The van der Waals surface area contributed by atoms with Gasteiger partial charge in [0.05, 0.1) is 17.2 Å². The standard InChI is InChI=1S/C17H15N5O3/c23-17(13-5-1-2-7-16(13)22(24)25)19-10-12-21-11-8-15(20-21)14-6-3-4-9-18-14/h1-9,11H,10,12H2,(H,19,23). The molecule has 0 saturated carbocycles. The van der Waals surface area contributed by atoms with E-state index in [4.69, 9.17) is 0 Å².